The van der Waals surface area contributed by atoms with E-state index in [1.165, 1.54) is 26.4 Å². The van der Waals surface area contributed by atoms with Crippen LogP contribution in [0.2, 0.25) is 0 Å². The minimum absolute atomic E-state index is 0.0115. The molecule has 0 aliphatic rings. The second-order valence-corrected chi connectivity index (χ2v) is 5.73. The van der Waals surface area contributed by atoms with E-state index in [1.54, 1.807) is 6.07 Å². The van der Waals surface area contributed by atoms with Crippen molar-refractivity contribution in [3.8, 4) is 11.5 Å². The highest BCUT2D eigenvalue weighted by atomic mass is 32.2. The Balaban J connectivity index is 2.14. The summed E-state index contributed by atoms with van der Waals surface area (Å²) in [6, 6.07) is 4.55. The van der Waals surface area contributed by atoms with E-state index in [2.05, 4.69) is 25.3 Å². The number of nitrogens with one attached hydrogen (secondary N) is 2. The molecule has 1 aromatic heterocycles. The van der Waals surface area contributed by atoms with Crippen molar-refractivity contribution >= 4 is 10.0 Å². The molecule has 0 bridgehead atoms. The van der Waals surface area contributed by atoms with Gasteiger partial charge in [0.05, 0.1) is 14.2 Å². The Morgan fingerprint density at radius 2 is 2.10 bits per heavy atom. The highest BCUT2D eigenvalue weighted by molar-refractivity contribution is 7.89. The number of rotatable bonds is 7. The maximum atomic E-state index is 12.3. The van der Waals surface area contributed by atoms with Gasteiger partial charge in [-0.15, -0.1) is 10.2 Å². The van der Waals surface area contributed by atoms with Gasteiger partial charge in [-0.1, -0.05) is 5.21 Å². The van der Waals surface area contributed by atoms with Gasteiger partial charge in [0.2, 0.25) is 10.0 Å². The molecule has 0 aliphatic heterocycles. The fourth-order valence-corrected chi connectivity index (χ4v) is 2.87. The van der Waals surface area contributed by atoms with Crippen LogP contribution in [-0.4, -0.2) is 49.8 Å². The van der Waals surface area contributed by atoms with Gasteiger partial charge in [-0.3, -0.25) is 0 Å². The molecule has 0 amide bonds. The van der Waals surface area contributed by atoms with Crippen LogP contribution in [-0.2, 0) is 16.4 Å². The Kier molecular flexibility index (Phi) is 4.70. The molecule has 0 aliphatic carbocycles. The maximum Gasteiger partial charge on any atom is 0.244 e. The van der Waals surface area contributed by atoms with Crippen molar-refractivity contribution in [2.75, 3.05) is 20.8 Å². The van der Waals surface area contributed by atoms with E-state index < -0.39 is 10.0 Å². The van der Waals surface area contributed by atoms with Crippen LogP contribution in [0.1, 0.15) is 5.82 Å². The van der Waals surface area contributed by atoms with Gasteiger partial charge in [-0.2, -0.15) is 5.21 Å². The molecule has 114 valence electrons. The van der Waals surface area contributed by atoms with Crippen molar-refractivity contribution in [1.29, 1.82) is 0 Å². The van der Waals surface area contributed by atoms with Gasteiger partial charge in [0.25, 0.3) is 0 Å². The van der Waals surface area contributed by atoms with Gasteiger partial charge in [0.15, 0.2) is 5.82 Å². The third kappa shape index (κ3) is 3.67. The van der Waals surface area contributed by atoms with Gasteiger partial charge < -0.3 is 9.47 Å². The van der Waals surface area contributed by atoms with E-state index in [0.29, 0.717) is 18.0 Å². The average molecular weight is 313 g/mol. The largest absolute Gasteiger partial charge is 0.497 e. The van der Waals surface area contributed by atoms with Crippen LogP contribution in [0.25, 0.3) is 0 Å². The molecular weight excluding hydrogens is 298 g/mol. The second-order valence-electron chi connectivity index (χ2n) is 3.99. The molecule has 0 spiro atoms. The summed E-state index contributed by atoms with van der Waals surface area (Å²) in [6.07, 6.45) is 0.321. The van der Waals surface area contributed by atoms with Gasteiger partial charge >= 0.3 is 0 Å². The van der Waals surface area contributed by atoms with Crippen molar-refractivity contribution in [3.63, 3.8) is 0 Å². The molecule has 2 aromatic rings. The summed E-state index contributed by atoms with van der Waals surface area (Å²) in [5.41, 5.74) is 0. The van der Waals surface area contributed by atoms with Crippen LogP contribution < -0.4 is 14.2 Å². The van der Waals surface area contributed by atoms with Gasteiger partial charge in [0.1, 0.15) is 16.4 Å². The highest BCUT2D eigenvalue weighted by Crippen LogP contribution is 2.27. The Morgan fingerprint density at radius 3 is 2.71 bits per heavy atom. The van der Waals surface area contributed by atoms with E-state index in [9.17, 15) is 8.42 Å². The Labute approximate surface area is 121 Å². The number of benzene rings is 1. The Hall–Kier alpha value is -2.20. The first-order valence-electron chi connectivity index (χ1n) is 6.01. The van der Waals surface area contributed by atoms with E-state index >= 15 is 0 Å². The lowest BCUT2D eigenvalue weighted by atomic mass is 10.3. The molecule has 0 saturated carbocycles. The molecule has 21 heavy (non-hydrogen) atoms. The first kappa shape index (κ1) is 15.2. The van der Waals surface area contributed by atoms with Gasteiger partial charge in [0, 0.05) is 19.0 Å². The molecule has 2 rings (SSSR count). The zero-order valence-electron chi connectivity index (χ0n) is 11.5. The summed E-state index contributed by atoms with van der Waals surface area (Å²) in [5.74, 6) is 1.09. The number of methoxy groups -OCH3 is 2. The maximum absolute atomic E-state index is 12.3. The minimum Gasteiger partial charge on any atom is -0.497 e. The molecule has 1 aromatic carbocycles. The summed E-state index contributed by atoms with van der Waals surface area (Å²) in [4.78, 5) is 0.0115. The SMILES string of the molecule is COc1ccc(OC)c(S(=O)(=O)NCCc2nn[nH]n2)c1. The standard InChI is InChI=1S/C11H15N5O4S/c1-19-8-3-4-9(20-2)10(7-8)21(17,18)12-6-5-11-13-15-16-14-11/h3-4,7,12H,5-6H2,1-2H3,(H,13,14,15,16). The average Bonchev–Trinajstić information content (AvgIpc) is 2.99. The van der Waals surface area contributed by atoms with Crippen LogP contribution in [0.4, 0.5) is 0 Å². The number of hydrogen-bond acceptors (Lipinski definition) is 7. The molecular formula is C11H15N5O4S. The predicted molar refractivity (Wildman–Crippen MR) is 72.6 cm³/mol. The zero-order chi connectivity index (χ0) is 15.3. The summed E-state index contributed by atoms with van der Waals surface area (Å²) < 4.78 is 37.2. The quantitative estimate of drug-likeness (QED) is 0.722. The van der Waals surface area contributed by atoms with Crippen LogP contribution in [0.5, 0.6) is 11.5 Å². The molecule has 0 unspecified atom stereocenters. The smallest absolute Gasteiger partial charge is 0.244 e. The van der Waals surface area contributed by atoms with Gasteiger partial charge in [-0.25, -0.2) is 13.1 Å². The highest BCUT2D eigenvalue weighted by Gasteiger charge is 2.20. The molecule has 0 atom stereocenters. The molecule has 10 heteroatoms. The van der Waals surface area contributed by atoms with Crippen molar-refractivity contribution in [3.05, 3.63) is 24.0 Å². The fourth-order valence-electron chi connectivity index (χ4n) is 1.66. The fraction of sp³-hybridized carbons (Fsp3) is 0.364. The number of hydrogen-bond donors (Lipinski definition) is 2. The summed E-state index contributed by atoms with van der Waals surface area (Å²) in [5, 5.41) is 13.2. The number of sulfonamides is 1. The summed E-state index contributed by atoms with van der Waals surface area (Å²) >= 11 is 0. The van der Waals surface area contributed by atoms with Crippen LogP contribution in [0, 0.1) is 0 Å². The third-order valence-corrected chi connectivity index (χ3v) is 4.17. The van der Waals surface area contributed by atoms with Crippen LogP contribution in [0.15, 0.2) is 23.1 Å². The van der Waals surface area contributed by atoms with E-state index in [1.807, 2.05) is 0 Å². The van der Waals surface area contributed by atoms with Crippen molar-refractivity contribution < 1.29 is 17.9 Å². The van der Waals surface area contributed by atoms with E-state index in [4.69, 9.17) is 9.47 Å². The summed E-state index contributed by atoms with van der Waals surface area (Å²) in [6.45, 7) is 0.141. The number of nitrogens with zero attached hydrogens (tertiary/aromatic N) is 3. The molecule has 1 heterocycles. The monoisotopic (exact) mass is 313 g/mol. The Bertz CT molecular complexity index is 687. The molecule has 0 fully saturated rings. The lowest BCUT2D eigenvalue weighted by molar-refractivity contribution is 0.392. The molecule has 2 N–H and O–H groups in total. The summed E-state index contributed by atoms with van der Waals surface area (Å²) in [7, 11) is -0.867. The lowest BCUT2D eigenvalue weighted by Crippen LogP contribution is -2.26. The first-order chi connectivity index (χ1) is 10.1. The normalized spacial score (nSPS) is 11.3. The number of aromatic nitrogens is 4. The molecule has 0 saturated heterocycles. The predicted octanol–water partition coefficient (Wildman–Crippen LogP) is -0.262. The van der Waals surface area contributed by atoms with Crippen molar-refractivity contribution in [1.82, 2.24) is 25.3 Å². The first-order valence-corrected chi connectivity index (χ1v) is 7.49. The third-order valence-electron chi connectivity index (χ3n) is 2.69. The minimum atomic E-state index is -3.73. The second kappa shape index (κ2) is 6.50. The Morgan fingerprint density at radius 1 is 1.29 bits per heavy atom. The van der Waals surface area contributed by atoms with Crippen LogP contribution >= 0.6 is 0 Å². The van der Waals surface area contributed by atoms with Crippen molar-refractivity contribution in [2.45, 2.75) is 11.3 Å². The van der Waals surface area contributed by atoms with E-state index in [-0.39, 0.29) is 17.2 Å². The zero-order valence-corrected chi connectivity index (χ0v) is 12.3. The molecule has 0 radical (unpaired) electrons. The topological polar surface area (TPSA) is 119 Å². The number of ether oxygens (including phenoxy) is 2. The number of tetrazole rings is 1. The van der Waals surface area contributed by atoms with Gasteiger partial charge in [-0.05, 0) is 12.1 Å². The number of aromatic amines is 1. The van der Waals surface area contributed by atoms with Crippen molar-refractivity contribution in [2.24, 2.45) is 0 Å². The van der Waals surface area contributed by atoms with Crippen LogP contribution in [0.3, 0.4) is 0 Å². The number of H-pyrrole nitrogens is 1. The van der Waals surface area contributed by atoms with E-state index in [0.717, 1.165) is 0 Å². The lowest BCUT2D eigenvalue weighted by Gasteiger charge is -2.11. The molecule has 9 nitrogen and oxygen atoms in total.